The Kier molecular flexibility index (Phi) is 2.47. The number of benzene rings is 1. The Labute approximate surface area is 104 Å². The lowest BCUT2D eigenvalue weighted by Crippen LogP contribution is -2.00. The molecule has 1 aliphatic rings. The molecule has 1 aromatic carbocycles. The van der Waals surface area contributed by atoms with Gasteiger partial charge in [-0.1, -0.05) is 0 Å². The van der Waals surface area contributed by atoms with E-state index in [9.17, 15) is 4.39 Å². The van der Waals surface area contributed by atoms with Crippen LogP contribution in [0.1, 0.15) is 12.8 Å². The molecule has 1 fully saturated rings. The van der Waals surface area contributed by atoms with Crippen LogP contribution in [0.3, 0.4) is 0 Å². The van der Waals surface area contributed by atoms with Crippen molar-refractivity contribution in [2.24, 2.45) is 5.92 Å². The Balaban J connectivity index is 1.93. The maximum atomic E-state index is 14.0. The smallest absolute Gasteiger partial charge is 0.156 e. The van der Waals surface area contributed by atoms with Crippen molar-refractivity contribution >= 4 is 11.4 Å². The lowest BCUT2D eigenvalue weighted by atomic mass is 10.1. The minimum Gasteiger partial charge on any atom is -0.397 e. The molecule has 18 heavy (non-hydrogen) atoms. The fourth-order valence-electron chi connectivity index (χ4n) is 2.00. The van der Waals surface area contributed by atoms with Crippen molar-refractivity contribution in [2.75, 3.05) is 11.5 Å². The van der Waals surface area contributed by atoms with E-state index < -0.39 is 5.82 Å². The maximum absolute atomic E-state index is 14.0. The lowest BCUT2D eigenvalue weighted by molar-refractivity contribution is 0.563. The number of anilines is 2. The summed E-state index contributed by atoms with van der Waals surface area (Å²) in [7, 11) is 0. The summed E-state index contributed by atoms with van der Waals surface area (Å²) in [5, 5.41) is 4.24. The van der Waals surface area contributed by atoms with Gasteiger partial charge >= 0.3 is 0 Å². The summed E-state index contributed by atoms with van der Waals surface area (Å²) in [5.41, 5.74) is 12.6. The largest absolute Gasteiger partial charge is 0.397 e. The predicted octanol–water partition coefficient (Wildman–Crippen LogP) is 2.26. The first-order valence-electron chi connectivity index (χ1n) is 6.01. The second-order valence-electron chi connectivity index (χ2n) is 4.82. The van der Waals surface area contributed by atoms with Crippen LogP contribution in [0.25, 0.3) is 11.1 Å². The van der Waals surface area contributed by atoms with Gasteiger partial charge in [0.1, 0.15) is 0 Å². The molecule has 1 aromatic heterocycles. The zero-order valence-electron chi connectivity index (χ0n) is 9.94. The fraction of sp³-hybridized carbons (Fsp3) is 0.308. The molecule has 4 N–H and O–H groups in total. The highest BCUT2D eigenvalue weighted by Gasteiger charge is 2.22. The monoisotopic (exact) mass is 246 g/mol. The highest BCUT2D eigenvalue weighted by molar-refractivity contribution is 5.75. The molecule has 0 unspecified atom stereocenters. The van der Waals surface area contributed by atoms with Crippen LogP contribution in [0.2, 0.25) is 0 Å². The SMILES string of the molecule is Nc1ccc(-c2cnn(CC3CC3)c2)c(F)c1N. The van der Waals surface area contributed by atoms with E-state index in [1.165, 1.54) is 12.8 Å². The van der Waals surface area contributed by atoms with Gasteiger partial charge in [0.15, 0.2) is 5.82 Å². The van der Waals surface area contributed by atoms with Crippen LogP contribution in [0.5, 0.6) is 0 Å². The van der Waals surface area contributed by atoms with E-state index in [0.717, 1.165) is 18.0 Å². The summed E-state index contributed by atoms with van der Waals surface area (Å²) in [6.07, 6.45) is 6.04. The van der Waals surface area contributed by atoms with Crippen molar-refractivity contribution in [1.29, 1.82) is 0 Å². The first kappa shape index (κ1) is 11.1. The van der Waals surface area contributed by atoms with Crippen LogP contribution in [0.15, 0.2) is 24.5 Å². The molecule has 0 atom stereocenters. The average molecular weight is 246 g/mol. The van der Waals surface area contributed by atoms with E-state index in [-0.39, 0.29) is 11.4 Å². The molecule has 0 amide bonds. The summed E-state index contributed by atoms with van der Waals surface area (Å²) in [5.74, 6) is 0.264. The third-order valence-electron chi connectivity index (χ3n) is 3.30. The van der Waals surface area contributed by atoms with Crippen LogP contribution in [0.4, 0.5) is 15.8 Å². The molecule has 3 rings (SSSR count). The van der Waals surface area contributed by atoms with Gasteiger partial charge in [-0.2, -0.15) is 5.10 Å². The third kappa shape index (κ3) is 1.92. The van der Waals surface area contributed by atoms with E-state index in [0.29, 0.717) is 5.56 Å². The van der Waals surface area contributed by atoms with Crippen LogP contribution in [0, 0.1) is 11.7 Å². The van der Waals surface area contributed by atoms with Gasteiger partial charge in [0, 0.05) is 23.9 Å². The first-order valence-corrected chi connectivity index (χ1v) is 6.01. The van der Waals surface area contributed by atoms with Crippen LogP contribution in [-0.2, 0) is 6.54 Å². The minimum absolute atomic E-state index is 0.00226. The molecule has 94 valence electrons. The van der Waals surface area contributed by atoms with E-state index in [1.807, 2.05) is 10.9 Å². The van der Waals surface area contributed by atoms with Gasteiger partial charge in [-0.05, 0) is 30.9 Å². The van der Waals surface area contributed by atoms with Gasteiger partial charge in [-0.15, -0.1) is 0 Å². The second-order valence-corrected chi connectivity index (χ2v) is 4.82. The van der Waals surface area contributed by atoms with Gasteiger partial charge in [0.25, 0.3) is 0 Å². The summed E-state index contributed by atoms with van der Waals surface area (Å²) < 4.78 is 15.9. The van der Waals surface area contributed by atoms with Gasteiger partial charge in [0.2, 0.25) is 0 Å². The van der Waals surface area contributed by atoms with E-state index >= 15 is 0 Å². The standard InChI is InChI=1S/C13H15FN4/c14-12-10(3-4-11(15)13(12)16)9-5-17-18(7-9)6-8-1-2-8/h3-5,7-8H,1-2,6,15-16H2. The van der Waals surface area contributed by atoms with Crippen LogP contribution in [-0.4, -0.2) is 9.78 Å². The second kappa shape index (κ2) is 4.01. The number of nitrogens with two attached hydrogens (primary N) is 2. The lowest BCUT2D eigenvalue weighted by Gasteiger charge is -2.05. The molecule has 0 aliphatic heterocycles. The first-order chi connectivity index (χ1) is 8.65. The summed E-state index contributed by atoms with van der Waals surface area (Å²) in [6.45, 7) is 0.909. The molecular formula is C13H15FN4. The molecule has 0 radical (unpaired) electrons. The summed E-state index contributed by atoms with van der Waals surface area (Å²) in [6, 6.07) is 3.26. The molecule has 1 aliphatic carbocycles. The average Bonchev–Trinajstić information content (AvgIpc) is 3.04. The van der Waals surface area contributed by atoms with Crippen molar-refractivity contribution in [3.63, 3.8) is 0 Å². The van der Waals surface area contributed by atoms with Crippen LogP contribution >= 0.6 is 0 Å². The third-order valence-corrected chi connectivity index (χ3v) is 3.30. The number of nitrogens with zero attached hydrogens (tertiary/aromatic N) is 2. The highest BCUT2D eigenvalue weighted by Crippen LogP contribution is 2.32. The molecule has 0 saturated heterocycles. The Morgan fingerprint density at radius 2 is 2.11 bits per heavy atom. The van der Waals surface area contributed by atoms with Crippen molar-refractivity contribution in [3.8, 4) is 11.1 Å². The van der Waals surface area contributed by atoms with E-state index in [4.69, 9.17) is 11.5 Å². The number of halogens is 1. The molecule has 2 aromatic rings. The van der Waals surface area contributed by atoms with Crippen molar-refractivity contribution < 1.29 is 4.39 Å². The Hall–Kier alpha value is -2.04. The Morgan fingerprint density at radius 1 is 1.33 bits per heavy atom. The van der Waals surface area contributed by atoms with E-state index in [1.54, 1.807) is 18.3 Å². The highest BCUT2D eigenvalue weighted by atomic mass is 19.1. The van der Waals surface area contributed by atoms with Gasteiger partial charge in [-0.3, -0.25) is 4.68 Å². The number of nitrogen functional groups attached to an aromatic ring is 2. The molecule has 0 bridgehead atoms. The Morgan fingerprint density at radius 3 is 2.83 bits per heavy atom. The van der Waals surface area contributed by atoms with Gasteiger partial charge in [0.05, 0.1) is 17.6 Å². The zero-order chi connectivity index (χ0) is 12.7. The molecule has 0 spiro atoms. The maximum Gasteiger partial charge on any atom is 0.156 e. The minimum atomic E-state index is -0.471. The normalized spacial score (nSPS) is 14.9. The molecule has 5 heteroatoms. The van der Waals surface area contributed by atoms with Crippen molar-refractivity contribution in [2.45, 2.75) is 19.4 Å². The fourth-order valence-corrected chi connectivity index (χ4v) is 2.00. The van der Waals surface area contributed by atoms with Crippen LogP contribution < -0.4 is 11.5 Å². The molecule has 4 nitrogen and oxygen atoms in total. The van der Waals surface area contributed by atoms with Crippen molar-refractivity contribution in [1.82, 2.24) is 9.78 Å². The number of aromatic nitrogens is 2. The van der Waals surface area contributed by atoms with Gasteiger partial charge in [-0.25, -0.2) is 4.39 Å². The quantitative estimate of drug-likeness (QED) is 0.816. The molecular weight excluding hydrogens is 231 g/mol. The topological polar surface area (TPSA) is 69.9 Å². The Bertz CT molecular complexity index is 587. The molecule has 1 heterocycles. The number of rotatable bonds is 3. The van der Waals surface area contributed by atoms with E-state index in [2.05, 4.69) is 5.10 Å². The predicted molar refractivity (Wildman–Crippen MR) is 69.2 cm³/mol. The number of hydrogen-bond acceptors (Lipinski definition) is 3. The molecule has 1 saturated carbocycles. The summed E-state index contributed by atoms with van der Waals surface area (Å²) in [4.78, 5) is 0. The van der Waals surface area contributed by atoms with Gasteiger partial charge < -0.3 is 11.5 Å². The number of hydrogen-bond donors (Lipinski definition) is 2. The zero-order valence-corrected chi connectivity index (χ0v) is 9.94. The summed E-state index contributed by atoms with van der Waals surface area (Å²) >= 11 is 0. The van der Waals surface area contributed by atoms with Crippen molar-refractivity contribution in [3.05, 3.63) is 30.3 Å².